The number of hydrogen-bond donors (Lipinski definition) is 1. The Kier molecular flexibility index (Phi) is 4.32. The predicted octanol–water partition coefficient (Wildman–Crippen LogP) is 4.05. The second-order valence-corrected chi connectivity index (χ2v) is 6.60. The topological polar surface area (TPSA) is 23.5 Å². The Balaban J connectivity index is 1.76. The number of nitrogens with zero attached hydrogens (tertiary/aromatic N) is 1. The molecule has 0 amide bonds. The van der Waals surface area contributed by atoms with Gasteiger partial charge in [0.1, 0.15) is 0 Å². The lowest BCUT2D eigenvalue weighted by Gasteiger charge is -2.40. The van der Waals surface area contributed by atoms with Gasteiger partial charge in [-0.1, -0.05) is 54.6 Å². The molecule has 2 aromatic rings. The van der Waals surface area contributed by atoms with E-state index < -0.39 is 5.60 Å². The van der Waals surface area contributed by atoms with E-state index in [1.165, 1.54) is 11.1 Å². The first-order chi connectivity index (χ1) is 10.6. The van der Waals surface area contributed by atoms with E-state index in [4.69, 9.17) is 0 Å². The van der Waals surface area contributed by atoms with E-state index in [1.54, 1.807) is 0 Å². The molecule has 0 aromatic heterocycles. The molecule has 3 rings (SSSR count). The Hall–Kier alpha value is -1.64. The Morgan fingerprint density at radius 2 is 1.41 bits per heavy atom. The number of aliphatic hydroxyl groups is 1. The Bertz CT molecular complexity index is 595. The van der Waals surface area contributed by atoms with Gasteiger partial charge in [-0.05, 0) is 43.4 Å². The molecule has 0 bridgehead atoms. The maximum absolute atomic E-state index is 11.0. The van der Waals surface area contributed by atoms with Crippen molar-refractivity contribution in [1.82, 2.24) is 4.90 Å². The minimum Gasteiger partial charge on any atom is -0.385 e. The van der Waals surface area contributed by atoms with Gasteiger partial charge in [0, 0.05) is 19.1 Å². The van der Waals surface area contributed by atoms with E-state index >= 15 is 0 Å². The first kappa shape index (κ1) is 15.3. The first-order valence-corrected chi connectivity index (χ1v) is 8.21. The van der Waals surface area contributed by atoms with Crippen LogP contribution in [-0.4, -0.2) is 29.1 Å². The molecule has 1 aliphatic heterocycles. The lowest BCUT2D eigenvalue weighted by atomic mass is 9.83. The third-order valence-electron chi connectivity index (χ3n) is 4.88. The summed E-state index contributed by atoms with van der Waals surface area (Å²) in [6, 6.07) is 19.4. The SMILES string of the molecule is CC(C)N1CCC(O)(c2ccc(-c3ccccc3)cc2)CC1. The molecule has 0 saturated carbocycles. The molecule has 1 saturated heterocycles. The Morgan fingerprint density at radius 3 is 1.95 bits per heavy atom. The molecule has 2 nitrogen and oxygen atoms in total. The van der Waals surface area contributed by atoms with E-state index in [-0.39, 0.29) is 0 Å². The molecule has 1 aliphatic rings. The fourth-order valence-electron chi connectivity index (χ4n) is 3.30. The summed E-state index contributed by atoms with van der Waals surface area (Å²) in [4.78, 5) is 2.44. The van der Waals surface area contributed by atoms with Crippen molar-refractivity contribution < 1.29 is 5.11 Å². The third-order valence-corrected chi connectivity index (χ3v) is 4.88. The highest BCUT2D eigenvalue weighted by Gasteiger charge is 2.34. The van der Waals surface area contributed by atoms with Crippen LogP contribution in [0.2, 0.25) is 0 Å². The number of hydrogen-bond acceptors (Lipinski definition) is 2. The fourth-order valence-corrected chi connectivity index (χ4v) is 3.30. The summed E-state index contributed by atoms with van der Waals surface area (Å²) in [5, 5.41) is 11.0. The van der Waals surface area contributed by atoms with Crippen LogP contribution in [0.3, 0.4) is 0 Å². The zero-order valence-electron chi connectivity index (χ0n) is 13.5. The fraction of sp³-hybridized carbons (Fsp3) is 0.400. The van der Waals surface area contributed by atoms with E-state index in [0.29, 0.717) is 6.04 Å². The molecule has 1 fully saturated rings. The molecule has 2 heteroatoms. The Labute approximate surface area is 133 Å². The standard InChI is InChI=1S/C20H25NO/c1-16(2)21-14-12-20(22,13-15-21)19-10-8-18(9-11-19)17-6-4-3-5-7-17/h3-11,16,22H,12-15H2,1-2H3. The number of benzene rings is 2. The van der Waals surface area contributed by atoms with Crippen molar-refractivity contribution in [2.24, 2.45) is 0 Å². The quantitative estimate of drug-likeness (QED) is 0.923. The van der Waals surface area contributed by atoms with Crippen molar-refractivity contribution in [3.8, 4) is 11.1 Å². The zero-order chi connectivity index (χ0) is 15.6. The van der Waals surface area contributed by atoms with Crippen LogP contribution in [-0.2, 0) is 5.60 Å². The maximum atomic E-state index is 11.0. The van der Waals surface area contributed by atoms with Gasteiger partial charge in [0.15, 0.2) is 0 Å². The summed E-state index contributed by atoms with van der Waals surface area (Å²) in [6.07, 6.45) is 1.63. The van der Waals surface area contributed by atoms with Crippen molar-refractivity contribution >= 4 is 0 Å². The third kappa shape index (κ3) is 3.08. The highest BCUT2D eigenvalue weighted by molar-refractivity contribution is 5.63. The van der Waals surface area contributed by atoms with Gasteiger partial charge >= 0.3 is 0 Å². The second-order valence-electron chi connectivity index (χ2n) is 6.60. The van der Waals surface area contributed by atoms with Gasteiger partial charge in [0.05, 0.1) is 5.60 Å². The molecule has 0 unspecified atom stereocenters. The van der Waals surface area contributed by atoms with Crippen LogP contribution in [0.5, 0.6) is 0 Å². The highest BCUT2D eigenvalue weighted by atomic mass is 16.3. The molecule has 22 heavy (non-hydrogen) atoms. The molecule has 2 aromatic carbocycles. The van der Waals surface area contributed by atoms with Gasteiger partial charge in [-0.2, -0.15) is 0 Å². The normalized spacial score (nSPS) is 18.5. The number of likely N-dealkylation sites (tertiary alicyclic amines) is 1. The van der Waals surface area contributed by atoms with Crippen LogP contribution in [0.1, 0.15) is 32.3 Å². The van der Waals surface area contributed by atoms with Crippen molar-refractivity contribution in [1.29, 1.82) is 0 Å². The predicted molar refractivity (Wildman–Crippen MR) is 91.7 cm³/mol. The molecule has 0 radical (unpaired) electrons. The molecule has 116 valence electrons. The van der Waals surface area contributed by atoms with Gasteiger partial charge in [0.25, 0.3) is 0 Å². The average Bonchev–Trinajstić information content (AvgIpc) is 2.56. The summed E-state index contributed by atoms with van der Waals surface area (Å²) in [6.45, 7) is 6.38. The van der Waals surface area contributed by atoms with Crippen molar-refractivity contribution in [3.05, 3.63) is 60.2 Å². The lowest BCUT2D eigenvalue weighted by molar-refractivity contribution is -0.0323. The van der Waals surface area contributed by atoms with Crippen LogP contribution in [0, 0.1) is 0 Å². The molecule has 1 N–H and O–H groups in total. The first-order valence-electron chi connectivity index (χ1n) is 8.21. The smallest absolute Gasteiger partial charge is 0.0920 e. The molecule has 1 heterocycles. The van der Waals surface area contributed by atoms with E-state index in [2.05, 4.69) is 67.3 Å². The summed E-state index contributed by atoms with van der Waals surface area (Å²) in [5.74, 6) is 0. The molecular weight excluding hydrogens is 270 g/mol. The summed E-state index contributed by atoms with van der Waals surface area (Å²) in [7, 11) is 0. The van der Waals surface area contributed by atoms with E-state index in [9.17, 15) is 5.11 Å². The average molecular weight is 295 g/mol. The molecule has 0 atom stereocenters. The van der Waals surface area contributed by atoms with Gasteiger partial charge in [-0.3, -0.25) is 0 Å². The van der Waals surface area contributed by atoms with Gasteiger partial charge in [0.2, 0.25) is 0 Å². The summed E-state index contributed by atoms with van der Waals surface area (Å²) in [5.41, 5.74) is 2.81. The number of rotatable bonds is 3. The summed E-state index contributed by atoms with van der Waals surface area (Å²) < 4.78 is 0. The molecule has 0 aliphatic carbocycles. The van der Waals surface area contributed by atoms with Crippen LogP contribution in [0.4, 0.5) is 0 Å². The van der Waals surface area contributed by atoms with Crippen LogP contribution in [0.15, 0.2) is 54.6 Å². The van der Waals surface area contributed by atoms with Crippen molar-refractivity contribution in [2.45, 2.75) is 38.3 Å². The second kappa shape index (κ2) is 6.23. The van der Waals surface area contributed by atoms with Gasteiger partial charge in [-0.25, -0.2) is 0 Å². The maximum Gasteiger partial charge on any atom is 0.0920 e. The molecular formula is C20H25NO. The molecule has 0 spiro atoms. The minimum absolute atomic E-state index is 0.560. The van der Waals surface area contributed by atoms with Crippen LogP contribution in [0.25, 0.3) is 11.1 Å². The van der Waals surface area contributed by atoms with Gasteiger partial charge < -0.3 is 10.0 Å². The van der Waals surface area contributed by atoms with Gasteiger partial charge in [-0.15, -0.1) is 0 Å². The summed E-state index contributed by atoms with van der Waals surface area (Å²) >= 11 is 0. The minimum atomic E-state index is -0.666. The van der Waals surface area contributed by atoms with Crippen molar-refractivity contribution in [3.63, 3.8) is 0 Å². The van der Waals surface area contributed by atoms with Crippen LogP contribution < -0.4 is 0 Å². The van der Waals surface area contributed by atoms with Crippen LogP contribution >= 0.6 is 0 Å². The van der Waals surface area contributed by atoms with E-state index in [0.717, 1.165) is 31.5 Å². The number of piperidine rings is 1. The van der Waals surface area contributed by atoms with E-state index in [1.807, 2.05) is 6.07 Å². The lowest BCUT2D eigenvalue weighted by Crippen LogP contribution is -2.45. The largest absolute Gasteiger partial charge is 0.385 e. The monoisotopic (exact) mass is 295 g/mol. The van der Waals surface area contributed by atoms with Crippen molar-refractivity contribution in [2.75, 3.05) is 13.1 Å². The Morgan fingerprint density at radius 1 is 0.864 bits per heavy atom. The zero-order valence-corrected chi connectivity index (χ0v) is 13.5. The highest BCUT2D eigenvalue weighted by Crippen LogP contribution is 2.34.